The highest BCUT2D eigenvalue weighted by Crippen LogP contribution is 2.47. The number of carbonyl (C=O) groups excluding carboxylic acids is 2. The first-order chi connectivity index (χ1) is 19.8. The predicted molar refractivity (Wildman–Crippen MR) is 160 cm³/mol. The number of ketones is 1. The summed E-state index contributed by atoms with van der Waals surface area (Å²) in [4.78, 5) is 28.2. The highest BCUT2D eigenvalue weighted by atomic mass is 31.1. The molecule has 3 aromatic carbocycles. The van der Waals surface area contributed by atoms with Gasteiger partial charge in [0.25, 0.3) is 0 Å². The number of benzene rings is 3. The van der Waals surface area contributed by atoms with E-state index < -0.39 is 64.4 Å². The lowest BCUT2D eigenvalue weighted by Gasteiger charge is -2.33. The van der Waals surface area contributed by atoms with Crippen LogP contribution in [-0.2, 0) is 33.2 Å². The number of halogens is 6. The van der Waals surface area contributed by atoms with Crippen LogP contribution in [0.3, 0.4) is 0 Å². The molecule has 0 radical (unpaired) electrons. The predicted octanol–water partition coefficient (Wildman–Crippen LogP) is 10.1. The Morgan fingerprint density at radius 1 is 0.568 bits per heavy atom. The van der Waals surface area contributed by atoms with Gasteiger partial charge in [-0.3, -0.25) is 4.79 Å². The van der Waals surface area contributed by atoms with Crippen molar-refractivity contribution in [3.63, 3.8) is 0 Å². The molecule has 0 aromatic heterocycles. The van der Waals surface area contributed by atoms with Crippen molar-refractivity contribution in [2.45, 2.75) is 90.9 Å². The quantitative estimate of drug-likeness (QED) is 0.159. The van der Waals surface area contributed by atoms with Crippen molar-refractivity contribution in [3.05, 3.63) is 99.1 Å². The summed E-state index contributed by atoms with van der Waals surface area (Å²) in [5, 5.41) is -0.220. The van der Waals surface area contributed by atoms with Crippen molar-refractivity contribution in [3.8, 4) is 0 Å². The van der Waals surface area contributed by atoms with Gasteiger partial charge in [0.15, 0.2) is 5.78 Å². The van der Waals surface area contributed by atoms with Crippen LogP contribution in [0.2, 0.25) is 0 Å². The van der Waals surface area contributed by atoms with Crippen LogP contribution in [0, 0.1) is 0 Å². The molecule has 1 unspecified atom stereocenters. The van der Waals surface area contributed by atoms with Crippen LogP contribution in [0.15, 0.2) is 54.6 Å². The molecule has 0 saturated carbocycles. The molecule has 10 heteroatoms. The zero-order valence-corrected chi connectivity index (χ0v) is 27.0. The first kappa shape index (κ1) is 35.2. The van der Waals surface area contributed by atoms with Crippen LogP contribution in [0.25, 0.3) is 0 Å². The molecule has 0 spiro atoms. The third kappa shape index (κ3) is 6.98. The molecule has 0 aliphatic carbocycles. The van der Waals surface area contributed by atoms with Gasteiger partial charge in [-0.1, -0.05) is 103 Å². The van der Waals surface area contributed by atoms with Gasteiger partial charge in [-0.15, -0.1) is 0 Å². The lowest BCUT2D eigenvalue weighted by molar-refractivity contribution is -0.143. The average molecular weight is 638 g/mol. The topological polar surface area (TPSA) is 51.2 Å². The molecule has 236 valence electrons. The Balaban J connectivity index is 2.60. The largest absolute Gasteiger partial charge is 0.459 e. The summed E-state index contributed by atoms with van der Waals surface area (Å²) in [6.45, 7) is 15.9. The third-order valence-electron chi connectivity index (χ3n) is 7.21. The molecule has 1 atom stereocenters. The molecule has 3 rings (SSSR count). The van der Waals surface area contributed by atoms with E-state index >= 15 is 0 Å². The molecule has 0 amide bonds. The maximum Gasteiger partial charge on any atom is 0.459 e. The summed E-state index contributed by atoms with van der Waals surface area (Å²) in [6, 6.07) is 11.1. The first-order valence-electron chi connectivity index (χ1n) is 13.9. The minimum atomic E-state index is -5.34. The van der Waals surface area contributed by atoms with Crippen LogP contribution in [0.4, 0.5) is 26.3 Å². The molecule has 44 heavy (non-hydrogen) atoms. The van der Waals surface area contributed by atoms with Gasteiger partial charge >= 0.3 is 25.7 Å². The fraction of sp³-hybridized carbons (Fsp3) is 0.412. The molecule has 0 aliphatic rings. The van der Waals surface area contributed by atoms with E-state index in [-0.39, 0.29) is 22.0 Å². The smallest absolute Gasteiger partial charge is 0.289 e. The van der Waals surface area contributed by atoms with Gasteiger partial charge in [0, 0.05) is 22.3 Å². The van der Waals surface area contributed by atoms with Gasteiger partial charge < -0.3 is 0 Å². The number of hydrogen-bond donors (Lipinski definition) is 0. The molecule has 0 saturated heterocycles. The second kappa shape index (κ2) is 11.6. The molecular formula is C34H36F6O3P+. The highest BCUT2D eigenvalue weighted by molar-refractivity contribution is 7.71. The van der Waals surface area contributed by atoms with E-state index in [9.17, 15) is 40.5 Å². The van der Waals surface area contributed by atoms with Crippen molar-refractivity contribution in [2.24, 2.45) is 0 Å². The van der Waals surface area contributed by atoms with Crippen LogP contribution in [-0.4, -0.2) is 11.3 Å². The molecule has 0 aliphatic heterocycles. The maximum absolute atomic E-state index is 14.5. The molecule has 3 aromatic rings. The Bertz CT molecular complexity index is 1580. The van der Waals surface area contributed by atoms with Gasteiger partial charge in [-0.05, 0) is 40.0 Å². The van der Waals surface area contributed by atoms with Crippen molar-refractivity contribution in [1.29, 1.82) is 0 Å². The zero-order valence-electron chi connectivity index (χ0n) is 26.1. The number of hydrogen-bond acceptors (Lipinski definition) is 3. The monoisotopic (exact) mass is 637 g/mol. The SMILES string of the molecule is CC(C)(C)c1cc(C(C)(C)C)c([P+](=O)C(=O)c2c(C(F)(F)F)cccc2C(F)(F)F)c(C(C)(C)C)c1C(=O)c1ccccc1. The second-order valence-corrected chi connectivity index (χ2v) is 15.3. The van der Waals surface area contributed by atoms with Gasteiger partial charge in [0.05, 0.1) is 16.7 Å². The lowest BCUT2D eigenvalue weighted by Crippen LogP contribution is -2.36. The zero-order chi connectivity index (χ0) is 33.8. The van der Waals surface area contributed by atoms with Crippen LogP contribution < -0.4 is 5.30 Å². The van der Waals surface area contributed by atoms with Crippen molar-refractivity contribution in [2.75, 3.05) is 0 Å². The van der Waals surface area contributed by atoms with Gasteiger partial charge in [-0.25, -0.2) is 4.79 Å². The first-order valence-corrected chi connectivity index (χ1v) is 15.2. The van der Waals surface area contributed by atoms with Crippen LogP contribution >= 0.6 is 7.80 Å². The summed E-state index contributed by atoms with van der Waals surface area (Å²) >= 11 is 0. The molecule has 3 nitrogen and oxygen atoms in total. The fourth-order valence-corrected chi connectivity index (χ4v) is 7.12. The van der Waals surface area contributed by atoms with Gasteiger partial charge in [0.2, 0.25) is 5.30 Å². The Hall–Kier alpha value is -3.32. The Kier molecular flexibility index (Phi) is 9.23. The second-order valence-electron chi connectivity index (χ2n) is 13.8. The van der Waals surface area contributed by atoms with Gasteiger partial charge in [0.1, 0.15) is 0 Å². The van der Waals surface area contributed by atoms with Crippen molar-refractivity contribution < 1.29 is 40.5 Å². The summed E-state index contributed by atoms with van der Waals surface area (Å²) in [7, 11) is -3.61. The fourth-order valence-electron chi connectivity index (χ4n) is 5.20. The highest BCUT2D eigenvalue weighted by Gasteiger charge is 2.52. The van der Waals surface area contributed by atoms with E-state index in [1.165, 1.54) is 0 Å². The van der Waals surface area contributed by atoms with Crippen LogP contribution in [0.1, 0.15) is 116 Å². The van der Waals surface area contributed by atoms with E-state index in [2.05, 4.69) is 0 Å². The average Bonchev–Trinajstić information content (AvgIpc) is 2.88. The molecular weight excluding hydrogens is 601 g/mol. The normalized spacial score (nSPS) is 13.6. The summed E-state index contributed by atoms with van der Waals surface area (Å²) in [5.41, 5.74) is -8.37. The molecule has 0 heterocycles. The maximum atomic E-state index is 14.5. The number of alkyl halides is 6. The van der Waals surface area contributed by atoms with Crippen molar-refractivity contribution in [1.82, 2.24) is 0 Å². The van der Waals surface area contributed by atoms with E-state index in [0.29, 0.717) is 29.3 Å². The standard InChI is InChI=1S/C34H36F6O3P/c1-30(2,3)22-18-23(31(4,5)6)28(26(32(7,8)9)25(22)27(41)19-14-11-10-12-15-19)44(43)29(42)24-20(33(35,36)37)16-13-17-21(24)34(38,39)40/h10-18H,1-9H3/q+1. The van der Waals surface area contributed by atoms with Crippen LogP contribution in [0.5, 0.6) is 0 Å². The Labute approximate surface area is 254 Å². The summed E-state index contributed by atoms with van der Waals surface area (Å²) in [5.74, 6) is -0.468. The van der Waals surface area contributed by atoms with Gasteiger partial charge in [-0.2, -0.15) is 26.3 Å². The van der Waals surface area contributed by atoms with Crippen molar-refractivity contribution >= 4 is 24.4 Å². The molecule has 0 bridgehead atoms. The molecule has 0 fully saturated rings. The Morgan fingerprint density at radius 2 is 1.02 bits per heavy atom. The molecule has 0 N–H and O–H groups in total. The lowest BCUT2D eigenvalue weighted by atomic mass is 9.70. The number of carbonyl (C=O) groups is 2. The van der Waals surface area contributed by atoms with E-state index in [0.717, 1.165) is 0 Å². The minimum Gasteiger partial charge on any atom is -0.289 e. The summed E-state index contributed by atoms with van der Waals surface area (Å²) in [6.07, 6.45) is -10.7. The minimum absolute atomic E-state index is 0.121. The Morgan fingerprint density at radius 3 is 1.41 bits per heavy atom. The van der Waals surface area contributed by atoms with E-state index in [1.807, 2.05) is 20.8 Å². The van der Waals surface area contributed by atoms with E-state index in [4.69, 9.17) is 0 Å². The number of rotatable bonds is 5. The third-order valence-corrected chi connectivity index (χ3v) is 8.67. The summed E-state index contributed by atoms with van der Waals surface area (Å²) < 4.78 is 98.8. The van der Waals surface area contributed by atoms with E-state index in [1.54, 1.807) is 77.9 Å².